The van der Waals surface area contributed by atoms with Gasteiger partial charge in [0.05, 0.1) is 12.2 Å². The molecule has 9 nitrogen and oxygen atoms in total. The average Bonchev–Trinajstić information content (AvgIpc) is 2.73. The second kappa shape index (κ2) is 10.5. The molecule has 1 aromatic rings. The molecule has 1 heterocycles. The quantitative estimate of drug-likeness (QED) is 0.207. The topological polar surface area (TPSA) is 121 Å². The van der Waals surface area contributed by atoms with E-state index in [1.54, 1.807) is 25.4 Å². The Morgan fingerprint density at radius 1 is 1.30 bits per heavy atom. The van der Waals surface area contributed by atoms with Gasteiger partial charge in [-0.15, -0.1) is 0 Å². The van der Waals surface area contributed by atoms with E-state index in [1.807, 2.05) is 0 Å². The minimum absolute atomic E-state index is 0.169. The maximum absolute atomic E-state index is 12.6. The van der Waals surface area contributed by atoms with Gasteiger partial charge in [0.2, 0.25) is 0 Å². The summed E-state index contributed by atoms with van der Waals surface area (Å²) < 4.78 is 5.34. The second-order valence-electron chi connectivity index (χ2n) is 8.57. The van der Waals surface area contributed by atoms with E-state index in [9.17, 15) is 14.4 Å². The summed E-state index contributed by atoms with van der Waals surface area (Å²) in [5.41, 5.74) is 3.57. The number of hydrazine groups is 1. The van der Waals surface area contributed by atoms with Gasteiger partial charge in [0.25, 0.3) is 11.8 Å². The van der Waals surface area contributed by atoms with Gasteiger partial charge < -0.3 is 15.4 Å². The van der Waals surface area contributed by atoms with E-state index in [0.29, 0.717) is 29.6 Å². The average molecular weight is 420 g/mol. The molecule has 0 saturated heterocycles. The summed E-state index contributed by atoms with van der Waals surface area (Å²) in [5.74, 6) is -0.814. The van der Waals surface area contributed by atoms with Crippen molar-refractivity contribution in [3.8, 4) is 0 Å². The number of carbonyl (C=O) groups excluding carboxylic acids is 3. The highest BCUT2D eigenvalue weighted by Crippen LogP contribution is 2.36. The summed E-state index contributed by atoms with van der Waals surface area (Å²) in [6, 6.07) is 3.53. The summed E-state index contributed by atoms with van der Waals surface area (Å²) >= 11 is 0. The molecule has 9 heteroatoms. The van der Waals surface area contributed by atoms with Crippen LogP contribution in [0.4, 0.5) is 5.82 Å². The van der Waals surface area contributed by atoms with Crippen molar-refractivity contribution < 1.29 is 19.1 Å². The lowest BCUT2D eigenvalue weighted by atomic mass is 9.75. The molecule has 2 amide bonds. The lowest BCUT2D eigenvalue weighted by molar-refractivity contribution is -0.151. The molecule has 0 spiro atoms. The minimum atomic E-state index is -1.70. The Bertz CT molecular complexity index is 745. The van der Waals surface area contributed by atoms with Crippen LogP contribution in [-0.2, 0) is 14.3 Å². The van der Waals surface area contributed by atoms with Crippen LogP contribution in [0.2, 0.25) is 0 Å². The van der Waals surface area contributed by atoms with E-state index >= 15 is 0 Å². The smallest absolute Gasteiger partial charge is 0.277 e. The Hall–Kier alpha value is -2.52. The van der Waals surface area contributed by atoms with Gasteiger partial charge in [-0.3, -0.25) is 25.2 Å². The lowest BCUT2D eigenvalue weighted by Gasteiger charge is -2.35. The summed E-state index contributed by atoms with van der Waals surface area (Å²) in [7, 11) is 1.73. The molecular weight excluding hydrogens is 386 g/mol. The maximum Gasteiger partial charge on any atom is 0.277 e. The predicted octanol–water partition coefficient (Wildman–Crippen LogP) is 1.42. The monoisotopic (exact) mass is 419 g/mol. The van der Waals surface area contributed by atoms with Crippen molar-refractivity contribution in [2.75, 3.05) is 25.5 Å². The Kier molecular flexibility index (Phi) is 8.31. The van der Waals surface area contributed by atoms with Crippen LogP contribution in [0, 0.1) is 5.41 Å². The summed E-state index contributed by atoms with van der Waals surface area (Å²) in [6.07, 6.45) is 6.24. The number of ether oxygens (including phenoxy) is 1. The van der Waals surface area contributed by atoms with Gasteiger partial charge in [-0.25, -0.2) is 4.98 Å². The fourth-order valence-corrected chi connectivity index (χ4v) is 3.26. The number of aldehydes is 1. The number of nitrogens with zero attached hydrogens (tertiary/aromatic N) is 1. The Balaban J connectivity index is 1.97. The van der Waals surface area contributed by atoms with E-state index in [-0.39, 0.29) is 12.6 Å². The van der Waals surface area contributed by atoms with Gasteiger partial charge in [-0.05, 0) is 57.2 Å². The highest BCUT2D eigenvalue weighted by Gasteiger charge is 2.34. The van der Waals surface area contributed by atoms with Gasteiger partial charge >= 0.3 is 0 Å². The molecule has 0 radical (unpaired) electrons. The Labute approximate surface area is 177 Å². The van der Waals surface area contributed by atoms with Crippen molar-refractivity contribution in [1.82, 2.24) is 21.2 Å². The number of likely N-dealkylation sites (N-methyl/N-ethyl adjacent to an activating group) is 1. The number of rotatable bonds is 9. The number of amides is 2. The number of hydrogen-bond acceptors (Lipinski definition) is 7. The SMILES string of the molecule is CNCCOC(C)(C=O)C(=O)NNC(=O)c1cccnc1NC1CCC(C)(C)CC1. The molecule has 4 N–H and O–H groups in total. The summed E-state index contributed by atoms with van der Waals surface area (Å²) in [5, 5.41) is 6.22. The zero-order valence-corrected chi connectivity index (χ0v) is 18.2. The third-order valence-corrected chi connectivity index (χ3v) is 5.45. The molecule has 1 atom stereocenters. The van der Waals surface area contributed by atoms with Crippen LogP contribution < -0.4 is 21.5 Å². The summed E-state index contributed by atoms with van der Waals surface area (Å²) in [6.45, 7) is 6.52. The number of nitrogens with one attached hydrogen (secondary N) is 4. The minimum Gasteiger partial charge on any atom is -0.367 e. The third-order valence-electron chi connectivity index (χ3n) is 5.45. The van der Waals surface area contributed by atoms with Crippen molar-refractivity contribution in [3.05, 3.63) is 23.9 Å². The zero-order valence-electron chi connectivity index (χ0n) is 18.2. The second-order valence-corrected chi connectivity index (χ2v) is 8.57. The molecule has 1 aliphatic rings. The van der Waals surface area contributed by atoms with Crippen LogP contribution in [0.25, 0.3) is 0 Å². The van der Waals surface area contributed by atoms with Crippen molar-refractivity contribution in [2.45, 2.75) is 58.1 Å². The molecule has 1 aliphatic carbocycles. The van der Waals surface area contributed by atoms with Gasteiger partial charge in [0, 0.05) is 18.8 Å². The van der Waals surface area contributed by atoms with Gasteiger partial charge in [0.1, 0.15) is 5.82 Å². The van der Waals surface area contributed by atoms with Crippen molar-refractivity contribution in [2.24, 2.45) is 5.41 Å². The van der Waals surface area contributed by atoms with Gasteiger partial charge in [-0.2, -0.15) is 0 Å². The van der Waals surface area contributed by atoms with Crippen LogP contribution in [0.1, 0.15) is 56.8 Å². The Morgan fingerprint density at radius 3 is 2.63 bits per heavy atom. The van der Waals surface area contributed by atoms with Crippen LogP contribution >= 0.6 is 0 Å². The van der Waals surface area contributed by atoms with E-state index in [0.717, 1.165) is 25.7 Å². The first kappa shape index (κ1) is 23.8. The van der Waals surface area contributed by atoms with Crippen molar-refractivity contribution in [1.29, 1.82) is 0 Å². The number of hydrogen-bond donors (Lipinski definition) is 4. The molecule has 1 fully saturated rings. The molecule has 1 unspecified atom stereocenters. The van der Waals surface area contributed by atoms with Crippen LogP contribution in [0.5, 0.6) is 0 Å². The fourth-order valence-electron chi connectivity index (χ4n) is 3.26. The van der Waals surface area contributed by atoms with E-state index in [4.69, 9.17) is 4.74 Å². The molecule has 2 rings (SSSR count). The zero-order chi connectivity index (χ0) is 22.2. The predicted molar refractivity (Wildman–Crippen MR) is 114 cm³/mol. The molecule has 30 heavy (non-hydrogen) atoms. The van der Waals surface area contributed by atoms with E-state index in [2.05, 4.69) is 40.3 Å². The third kappa shape index (κ3) is 6.50. The molecule has 0 aliphatic heterocycles. The van der Waals surface area contributed by atoms with Gasteiger partial charge in [-0.1, -0.05) is 13.8 Å². The largest absolute Gasteiger partial charge is 0.367 e. The maximum atomic E-state index is 12.6. The normalized spacial score (nSPS) is 18.1. The molecule has 0 aromatic carbocycles. The number of pyridine rings is 1. The molecule has 166 valence electrons. The Morgan fingerprint density at radius 2 is 2.00 bits per heavy atom. The van der Waals surface area contributed by atoms with E-state index in [1.165, 1.54) is 6.92 Å². The summed E-state index contributed by atoms with van der Waals surface area (Å²) in [4.78, 5) is 40.7. The lowest BCUT2D eigenvalue weighted by Crippen LogP contribution is -2.54. The van der Waals surface area contributed by atoms with Crippen LogP contribution in [0.3, 0.4) is 0 Å². The number of carbonyl (C=O) groups is 3. The molecule has 1 saturated carbocycles. The van der Waals surface area contributed by atoms with Crippen molar-refractivity contribution >= 4 is 23.9 Å². The fraction of sp³-hybridized carbons (Fsp3) is 0.619. The number of aromatic nitrogens is 1. The standard InChI is InChI=1S/C21H33N5O4/c1-20(2)9-7-15(8-10-20)24-17-16(6-5-11-23-17)18(28)25-26-19(29)21(3,14-27)30-13-12-22-4/h5-6,11,14-15,22H,7-10,12-13H2,1-4H3,(H,23,24)(H,25,28)(H,26,29). The first-order valence-electron chi connectivity index (χ1n) is 10.3. The van der Waals surface area contributed by atoms with Crippen LogP contribution in [-0.4, -0.2) is 54.9 Å². The molecular formula is C21H33N5O4. The number of anilines is 1. The molecule has 0 bridgehead atoms. The highest BCUT2D eigenvalue weighted by molar-refractivity contribution is 6.03. The highest BCUT2D eigenvalue weighted by atomic mass is 16.5. The van der Waals surface area contributed by atoms with E-state index < -0.39 is 17.4 Å². The first-order valence-corrected chi connectivity index (χ1v) is 10.3. The van der Waals surface area contributed by atoms with Crippen LogP contribution in [0.15, 0.2) is 18.3 Å². The molecule has 1 aromatic heterocycles. The van der Waals surface area contributed by atoms with Gasteiger partial charge in [0.15, 0.2) is 11.9 Å². The first-order chi connectivity index (χ1) is 14.2. The van der Waals surface area contributed by atoms with Crippen molar-refractivity contribution in [3.63, 3.8) is 0 Å².